The SMILES string of the molecule is Cc1ccccc1OCc1nc(-c2ccnc3nc(CC4CC4)[nH]c23)n(Cc2ccccc2N(C)C)n1. The molecule has 0 aliphatic heterocycles. The minimum atomic E-state index is 0.282. The average Bonchev–Trinajstić information content (AvgIpc) is 3.47. The first-order valence-corrected chi connectivity index (χ1v) is 12.8. The Balaban J connectivity index is 1.40. The summed E-state index contributed by atoms with van der Waals surface area (Å²) in [6.45, 7) is 2.90. The van der Waals surface area contributed by atoms with E-state index in [1.807, 2.05) is 41.9 Å². The van der Waals surface area contributed by atoms with Crippen molar-refractivity contribution in [3.05, 3.63) is 83.6 Å². The summed E-state index contributed by atoms with van der Waals surface area (Å²) < 4.78 is 8.07. The number of aromatic amines is 1. The van der Waals surface area contributed by atoms with Crippen molar-refractivity contribution in [3.8, 4) is 17.1 Å². The number of imidazole rings is 1. The van der Waals surface area contributed by atoms with Gasteiger partial charge in [-0.2, -0.15) is 5.10 Å². The Bertz CT molecular complexity index is 1550. The van der Waals surface area contributed by atoms with Gasteiger partial charge in [0.1, 0.15) is 18.2 Å². The predicted octanol–water partition coefficient (Wildman–Crippen LogP) is 5.17. The van der Waals surface area contributed by atoms with Crippen molar-refractivity contribution in [3.63, 3.8) is 0 Å². The van der Waals surface area contributed by atoms with E-state index >= 15 is 0 Å². The molecule has 3 aromatic heterocycles. The minimum Gasteiger partial charge on any atom is -0.485 e. The van der Waals surface area contributed by atoms with Crippen LogP contribution in [0.15, 0.2) is 60.8 Å². The molecule has 0 saturated heterocycles. The van der Waals surface area contributed by atoms with Gasteiger partial charge >= 0.3 is 0 Å². The molecule has 8 heteroatoms. The molecule has 3 heterocycles. The third-order valence-electron chi connectivity index (χ3n) is 6.82. The molecular formula is C29H31N7O. The molecule has 0 radical (unpaired) electrons. The summed E-state index contributed by atoms with van der Waals surface area (Å²) in [4.78, 5) is 19.9. The van der Waals surface area contributed by atoms with Crippen molar-refractivity contribution in [2.24, 2.45) is 5.92 Å². The summed E-state index contributed by atoms with van der Waals surface area (Å²) >= 11 is 0. The van der Waals surface area contributed by atoms with E-state index in [9.17, 15) is 0 Å². The first-order chi connectivity index (χ1) is 18.0. The fourth-order valence-electron chi connectivity index (χ4n) is 4.70. The fraction of sp³-hybridized carbons (Fsp3) is 0.310. The number of aromatic nitrogens is 6. The van der Waals surface area contributed by atoms with Gasteiger partial charge in [0.05, 0.1) is 12.1 Å². The fourth-order valence-corrected chi connectivity index (χ4v) is 4.70. The molecule has 0 unspecified atom stereocenters. The highest BCUT2D eigenvalue weighted by Gasteiger charge is 2.24. The molecule has 8 nitrogen and oxygen atoms in total. The van der Waals surface area contributed by atoms with E-state index in [1.165, 1.54) is 12.8 Å². The Morgan fingerprint density at radius 2 is 1.84 bits per heavy atom. The number of rotatable bonds is 9. The zero-order valence-electron chi connectivity index (χ0n) is 21.5. The summed E-state index contributed by atoms with van der Waals surface area (Å²) in [5.41, 5.74) is 5.95. The van der Waals surface area contributed by atoms with E-state index in [4.69, 9.17) is 19.8 Å². The van der Waals surface area contributed by atoms with E-state index < -0.39 is 0 Å². The van der Waals surface area contributed by atoms with E-state index in [1.54, 1.807) is 6.20 Å². The molecule has 2 aromatic carbocycles. The van der Waals surface area contributed by atoms with Gasteiger partial charge < -0.3 is 14.6 Å². The summed E-state index contributed by atoms with van der Waals surface area (Å²) in [6.07, 6.45) is 5.33. The van der Waals surface area contributed by atoms with Crippen molar-refractivity contribution in [2.45, 2.75) is 39.3 Å². The summed E-state index contributed by atoms with van der Waals surface area (Å²) in [6, 6.07) is 18.4. The maximum absolute atomic E-state index is 6.10. The van der Waals surface area contributed by atoms with E-state index in [-0.39, 0.29) is 6.61 Å². The van der Waals surface area contributed by atoms with Gasteiger partial charge in [-0.15, -0.1) is 0 Å². The topological polar surface area (TPSA) is 84.8 Å². The predicted molar refractivity (Wildman–Crippen MR) is 145 cm³/mol. The molecule has 1 aliphatic carbocycles. The van der Waals surface area contributed by atoms with E-state index in [0.717, 1.165) is 57.6 Å². The van der Waals surface area contributed by atoms with Gasteiger partial charge in [-0.05, 0) is 55.0 Å². The Labute approximate surface area is 216 Å². The van der Waals surface area contributed by atoms with E-state index in [2.05, 4.69) is 53.2 Å². The number of para-hydroxylation sites is 2. The van der Waals surface area contributed by atoms with Crippen LogP contribution in [-0.4, -0.2) is 43.8 Å². The number of nitrogens with zero attached hydrogens (tertiary/aromatic N) is 6. The molecule has 0 atom stereocenters. The molecule has 1 aliphatic rings. The zero-order chi connectivity index (χ0) is 25.4. The van der Waals surface area contributed by atoms with Crippen LogP contribution >= 0.6 is 0 Å². The Morgan fingerprint density at radius 3 is 2.65 bits per heavy atom. The van der Waals surface area contributed by atoms with E-state index in [0.29, 0.717) is 18.0 Å². The number of benzene rings is 2. The number of aryl methyl sites for hydroxylation is 1. The zero-order valence-corrected chi connectivity index (χ0v) is 21.5. The first kappa shape index (κ1) is 23.2. The molecule has 188 valence electrons. The van der Waals surface area contributed by atoms with Crippen molar-refractivity contribution >= 4 is 16.9 Å². The molecule has 1 fully saturated rings. The number of ether oxygens (including phenoxy) is 1. The largest absolute Gasteiger partial charge is 0.485 e. The number of anilines is 1. The third-order valence-corrected chi connectivity index (χ3v) is 6.82. The number of hydrogen-bond donors (Lipinski definition) is 1. The Hall–Kier alpha value is -4.20. The average molecular weight is 494 g/mol. The second-order valence-corrected chi connectivity index (χ2v) is 9.97. The summed E-state index contributed by atoms with van der Waals surface area (Å²) in [5.74, 6) is 3.96. The van der Waals surface area contributed by atoms with Gasteiger partial charge in [-0.1, -0.05) is 36.4 Å². The Morgan fingerprint density at radius 1 is 1.03 bits per heavy atom. The van der Waals surface area contributed by atoms with Crippen LogP contribution in [0.3, 0.4) is 0 Å². The van der Waals surface area contributed by atoms with Gasteiger partial charge in [0, 0.05) is 38.0 Å². The molecule has 0 bridgehead atoms. The van der Waals surface area contributed by atoms with Crippen LogP contribution in [0, 0.1) is 12.8 Å². The molecule has 1 N–H and O–H groups in total. The van der Waals surface area contributed by atoms with Crippen LogP contribution < -0.4 is 9.64 Å². The molecular weight excluding hydrogens is 462 g/mol. The monoisotopic (exact) mass is 493 g/mol. The lowest BCUT2D eigenvalue weighted by molar-refractivity contribution is 0.293. The second kappa shape index (κ2) is 9.69. The van der Waals surface area contributed by atoms with Crippen molar-refractivity contribution in [1.29, 1.82) is 0 Å². The maximum Gasteiger partial charge on any atom is 0.188 e. The molecule has 0 amide bonds. The quantitative estimate of drug-likeness (QED) is 0.305. The lowest BCUT2D eigenvalue weighted by Gasteiger charge is -2.17. The molecule has 6 rings (SSSR count). The van der Waals surface area contributed by atoms with Gasteiger partial charge in [0.15, 0.2) is 17.3 Å². The van der Waals surface area contributed by atoms with Gasteiger partial charge in [-0.3, -0.25) is 0 Å². The first-order valence-electron chi connectivity index (χ1n) is 12.8. The number of fused-ring (bicyclic) bond motifs is 1. The van der Waals surface area contributed by atoms with Crippen LogP contribution in [0.1, 0.15) is 35.6 Å². The number of pyridine rings is 1. The smallest absolute Gasteiger partial charge is 0.188 e. The van der Waals surface area contributed by atoms with Gasteiger partial charge in [0.25, 0.3) is 0 Å². The Kier molecular flexibility index (Phi) is 6.08. The van der Waals surface area contributed by atoms with Gasteiger partial charge in [0.2, 0.25) is 0 Å². The summed E-state index contributed by atoms with van der Waals surface area (Å²) in [5, 5.41) is 4.91. The van der Waals surface area contributed by atoms with Crippen LogP contribution in [0.2, 0.25) is 0 Å². The normalized spacial score (nSPS) is 13.3. The molecule has 37 heavy (non-hydrogen) atoms. The highest BCUT2D eigenvalue weighted by molar-refractivity contribution is 5.87. The lowest BCUT2D eigenvalue weighted by atomic mass is 10.1. The summed E-state index contributed by atoms with van der Waals surface area (Å²) in [7, 11) is 4.11. The van der Waals surface area contributed by atoms with Crippen LogP contribution in [0.25, 0.3) is 22.6 Å². The molecule has 0 spiro atoms. The number of H-pyrrole nitrogens is 1. The minimum absolute atomic E-state index is 0.282. The van der Waals surface area contributed by atoms with Crippen molar-refractivity contribution in [2.75, 3.05) is 19.0 Å². The highest BCUT2D eigenvalue weighted by atomic mass is 16.5. The second-order valence-electron chi connectivity index (χ2n) is 9.97. The number of nitrogens with one attached hydrogen (secondary N) is 1. The van der Waals surface area contributed by atoms with Crippen LogP contribution in [0.5, 0.6) is 5.75 Å². The van der Waals surface area contributed by atoms with Crippen LogP contribution in [0.4, 0.5) is 5.69 Å². The van der Waals surface area contributed by atoms with Crippen LogP contribution in [-0.2, 0) is 19.6 Å². The number of hydrogen-bond acceptors (Lipinski definition) is 6. The molecule has 5 aromatic rings. The maximum atomic E-state index is 6.10. The standard InChI is InChI=1S/C29H31N7O/c1-19-8-4-7-11-24(19)37-18-26-33-29(36(34-26)17-21-9-5-6-10-23(21)35(2)3)22-14-15-30-28-27(22)31-25(32-28)16-20-12-13-20/h4-11,14-15,20H,12-13,16-18H2,1-3H3,(H,30,31,32). The van der Waals surface area contributed by atoms with Gasteiger partial charge in [-0.25, -0.2) is 19.6 Å². The third kappa shape index (κ3) is 4.91. The van der Waals surface area contributed by atoms with Crippen molar-refractivity contribution in [1.82, 2.24) is 29.7 Å². The molecule has 1 saturated carbocycles. The van der Waals surface area contributed by atoms with Crippen molar-refractivity contribution < 1.29 is 4.74 Å². The highest BCUT2D eigenvalue weighted by Crippen LogP contribution is 2.33. The lowest BCUT2D eigenvalue weighted by Crippen LogP contribution is -2.14.